The van der Waals surface area contributed by atoms with E-state index >= 15 is 0 Å². The zero-order valence-electron chi connectivity index (χ0n) is 14.3. The van der Waals surface area contributed by atoms with Gasteiger partial charge >= 0.3 is 0 Å². The average Bonchev–Trinajstić information content (AvgIpc) is 2.45. The Kier molecular flexibility index (Phi) is 15.3. The van der Waals surface area contributed by atoms with Crippen LogP contribution < -0.4 is 5.32 Å². The highest BCUT2D eigenvalue weighted by atomic mass is 16.3. The minimum absolute atomic E-state index is 0.336. The van der Waals surface area contributed by atoms with Gasteiger partial charge in [-0.05, 0) is 38.1 Å². The van der Waals surface area contributed by atoms with Crippen LogP contribution in [0, 0.1) is 5.92 Å². The fourth-order valence-electron chi connectivity index (χ4n) is 2.90. The van der Waals surface area contributed by atoms with Crippen LogP contribution >= 0.6 is 0 Å². The molecule has 0 saturated carbocycles. The number of aliphatic hydroxyl groups excluding tert-OH is 1. The maximum atomic E-state index is 9.15. The van der Waals surface area contributed by atoms with E-state index in [1.807, 2.05) is 0 Å². The minimum Gasteiger partial charge on any atom is -0.396 e. The molecule has 0 aromatic heterocycles. The van der Waals surface area contributed by atoms with Crippen molar-refractivity contribution in [2.75, 3.05) is 13.2 Å². The Morgan fingerprint density at radius 1 is 0.750 bits per heavy atom. The molecule has 0 spiro atoms. The summed E-state index contributed by atoms with van der Waals surface area (Å²) in [6, 6.07) is 0.700. The third-order valence-corrected chi connectivity index (χ3v) is 4.24. The van der Waals surface area contributed by atoms with Crippen molar-refractivity contribution in [1.82, 2.24) is 5.32 Å². The summed E-state index contributed by atoms with van der Waals surface area (Å²) in [6.45, 7) is 8.22. The monoisotopic (exact) mass is 285 g/mol. The Morgan fingerprint density at radius 3 is 1.80 bits per heavy atom. The number of rotatable bonds is 15. The highest BCUT2D eigenvalue weighted by molar-refractivity contribution is 4.70. The Labute approximate surface area is 127 Å². The van der Waals surface area contributed by atoms with Gasteiger partial charge in [0.1, 0.15) is 0 Å². The molecule has 1 atom stereocenters. The summed E-state index contributed by atoms with van der Waals surface area (Å²) < 4.78 is 0. The summed E-state index contributed by atoms with van der Waals surface area (Å²) in [7, 11) is 0. The molecule has 0 fully saturated rings. The first kappa shape index (κ1) is 19.9. The predicted molar refractivity (Wildman–Crippen MR) is 90.2 cm³/mol. The normalized spacial score (nSPS) is 13.1. The second-order valence-corrected chi connectivity index (χ2v) is 6.26. The van der Waals surface area contributed by atoms with E-state index in [0.29, 0.717) is 18.6 Å². The summed E-state index contributed by atoms with van der Waals surface area (Å²) in [5.74, 6) is 0.657. The topological polar surface area (TPSA) is 32.3 Å². The van der Waals surface area contributed by atoms with Crippen LogP contribution in [0.2, 0.25) is 0 Å². The summed E-state index contributed by atoms with van der Waals surface area (Å²) in [5.41, 5.74) is 0. The molecule has 0 bridgehead atoms. The summed E-state index contributed by atoms with van der Waals surface area (Å²) >= 11 is 0. The molecule has 0 aliphatic heterocycles. The first-order chi connectivity index (χ1) is 9.78. The van der Waals surface area contributed by atoms with Crippen LogP contribution in [-0.2, 0) is 0 Å². The van der Waals surface area contributed by atoms with Gasteiger partial charge in [-0.2, -0.15) is 0 Å². The lowest BCUT2D eigenvalue weighted by molar-refractivity contribution is 0.242. The maximum absolute atomic E-state index is 9.15. The quantitative estimate of drug-likeness (QED) is 0.419. The number of nitrogens with one attached hydrogen (secondary N) is 1. The molecule has 0 aromatic carbocycles. The fraction of sp³-hybridized carbons (Fsp3) is 1.00. The van der Waals surface area contributed by atoms with Crippen LogP contribution in [0.1, 0.15) is 91.4 Å². The molecular formula is C18H39NO. The number of unbranched alkanes of at least 4 members (excludes halogenated alkanes) is 4. The summed E-state index contributed by atoms with van der Waals surface area (Å²) in [6.07, 6.45) is 14.1. The summed E-state index contributed by atoms with van der Waals surface area (Å²) in [5, 5.41) is 12.9. The van der Waals surface area contributed by atoms with E-state index in [4.69, 9.17) is 5.11 Å². The number of aliphatic hydroxyl groups is 1. The minimum atomic E-state index is 0.336. The largest absolute Gasteiger partial charge is 0.396 e. The van der Waals surface area contributed by atoms with Crippen molar-refractivity contribution >= 4 is 0 Å². The fourth-order valence-corrected chi connectivity index (χ4v) is 2.90. The lowest BCUT2D eigenvalue weighted by Gasteiger charge is -2.23. The highest BCUT2D eigenvalue weighted by Crippen LogP contribution is 2.14. The van der Waals surface area contributed by atoms with Gasteiger partial charge in [-0.15, -0.1) is 0 Å². The molecule has 0 saturated heterocycles. The Bertz CT molecular complexity index is 168. The van der Waals surface area contributed by atoms with Crippen molar-refractivity contribution in [3.8, 4) is 0 Å². The molecule has 20 heavy (non-hydrogen) atoms. The average molecular weight is 286 g/mol. The molecule has 0 aliphatic rings. The van der Waals surface area contributed by atoms with Crippen LogP contribution in [-0.4, -0.2) is 24.3 Å². The lowest BCUT2D eigenvalue weighted by Crippen LogP contribution is -2.34. The number of hydrogen-bond donors (Lipinski definition) is 2. The molecule has 2 N–H and O–H groups in total. The molecule has 0 radical (unpaired) electrons. The van der Waals surface area contributed by atoms with Gasteiger partial charge in [-0.3, -0.25) is 0 Å². The van der Waals surface area contributed by atoms with Crippen molar-refractivity contribution in [2.45, 2.75) is 97.4 Å². The Morgan fingerprint density at radius 2 is 1.35 bits per heavy atom. The van der Waals surface area contributed by atoms with Gasteiger partial charge in [0.05, 0.1) is 0 Å². The first-order valence-electron chi connectivity index (χ1n) is 9.12. The molecule has 2 heteroatoms. The van der Waals surface area contributed by atoms with Crippen molar-refractivity contribution < 1.29 is 5.11 Å². The van der Waals surface area contributed by atoms with Gasteiger partial charge in [0.25, 0.3) is 0 Å². The van der Waals surface area contributed by atoms with Gasteiger partial charge in [-0.25, -0.2) is 0 Å². The second-order valence-electron chi connectivity index (χ2n) is 6.26. The lowest BCUT2D eigenvalue weighted by atomic mass is 9.97. The van der Waals surface area contributed by atoms with Crippen molar-refractivity contribution in [3.63, 3.8) is 0 Å². The zero-order valence-corrected chi connectivity index (χ0v) is 14.3. The van der Waals surface area contributed by atoms with Gasteiger partial charge < -0.3 is 10.4 Å². The highest BCUT2D eigenvalue weighted by Gasteiger charge is 2.12. The second kappa shape index (κ2) is 15.3. The van der Waals surface area contributed by atoms with Crippen LogP contribution in [0.4, 0.5) is 0 Å². The van der Waals surface area contributed by atoms with Gasteiger partial charge in [0.2, 0.25) is 0 Å². The van der Waals surface area contributed by atoms with Crippen molar-refractivity contribution in [2.24, 2.45) is 5.92 Å². The van der Waals surface area contributed by atoms with Crippen LogP contribution in [0.5, 0.6) is 0 Å². The molecule has 0 aliphatic carbocycles. The van der Waals surface area contributed by atoms with Crippen LogP contribution in [0.15, 0.2) is 0 Å². The smallest absolute Gasteiger partial charge is 0.0434 e. The van der Waals surface area contributed by atoms with E-state index in [1.54, 1.807) is 0 Å². The van der Waals surface area contributed by atoms with Crippen LogP contribution in [0.3, 0.4) is 0 Å². The van der Waals surface area contributed by atoms with Crippen molar-refractivity contribution in [3.05, 3.63) is 0 Å². The van der Waals surface area contributed by atoms with Crippen LogP contribution in [0.25, 0.3) is 0 Å². The Balaban J connectivity index is 4.01. The molecule has 122 valence electrons. The van der Waals surface area contributed by atoms with E-state index in [2.05, 4.69) is 26.1 Å². The van der Waals surface area contributed by atoms with E-state index in [1.165, 1.54) is 64.2 Å². The van der Waals surface area contributed by atoms with E-state index < -0.39 is 0 Å². The SMILES string of the molecule is CCCCCC(CCCCC)NCC(CCC)CCO. The maximum Gasteiger partial charge on any atom is 0.0434 e. The standard InChI is InChI=1S/C18H39NO/c1-4-7-9-12-18(13-10-8-5-2)19-16-17(11-6-3)14-15-20/h17-20H,4-16H2,1-3H3. The molecule has 0 heterocycles. The summed E-state index contributed by atoms with van der Waals surface area (Å²) in [4.78, 5) is 0. The predicted octanol–water partition coefficient (Wildman–Crippen LogP) is 4.90. The van der Waals surface area contributed by atoms with E-state index in [9.17, 15) is 0 Å². The van der Waals surface area contributed by atoms with Gasteiger partial charge in [0, 0.05) is 12.6 Å². The van der Waals surface area contributed by atoms with Crippen molar-refractivity contribution in [1.29, 1.82) is 0 Å². The third kappa shape index (κ3) is 11.7. The first-order valence-corrected chi connectivity index (χ1v) is 9.12. The molecule has 2 nitrogen and oxygen atoms in total. The molecule has 0 aromatic rings. The van der Waals surface area contributed by atoms with Gasteiger partial charge in [0.15, 0.2) is 0 Å². The third-order valence-electron chi connectivity index (χ3n) is 4.24. The molecule has 0 amide bonds. The Hall–Kier alpha value is -0.0800. The number of hydrogen-bond acceptors (Lipinski definition) is 2. The molecule has 0 rings (SSSR count). The zero-order chi connectivity index (χ0) is 15.1. The van der Waals surface area contributed by atoms with E-state index in [-0.39, 0.29) is 0 Å². The molecule has 1 unspecified atom stereocenters. The van der Waals surface area contributed by atoms with Gasteiger partial charge in [-0.1, -0.05) is 65.7 Å². The molecular weight excluding hydrogens is 246 g/mol. The van der Waals surface area contributed by atoms with E-state index in [0.717, 1.165) is 13.0 Å².